The van der Waals surface area contributed by atoms with Crippen LogP contribution in [0, 0.1) is 53.3 Å². The largest absolute Gasteiger partial charge is 0.462 e. The van der Waals surface area contributed by atoms with Gasteiger partial charge < -0.3 is 28.4 Å². The van der Waals surface area contributed by atoms with Gasteiger partial charge in [-0.05, 0) is 225 Å². The maximum absolute atomic E-state index is 11.3. The van der Waals surface area contributed by atoms with Crippen molar-refractivity contribution in [3.8, 4) is 0 Å². The minimum Gasteiger partial charge on any atom is -0.462 e. The fraction of sp³-hybridized carbons (Fsp3) is 0.390. The molecule has 3 aliphatic carbocycles. The summed E-state index contributed by atoms with van der Waals surface area (Å²) in [6.45, 7) is 14.9. The molecule has 596 valence electrons. The highest BCUT2D eigenvalue weighted by molar-refractivity contribution is 7.95. The zero-order valence-corrected chi connectivity index (χ0v) is 69.4. The molecule has 0 N–H and O–H groups in total. The monoisotopic (exact) mass is 1580 g/mol. The van der Waals surface area contributed by atoms with Gasteiger partial charge in [-0.2, -0.15) is 0 Å². The number of fused-ring (bicyclic) bond motifs is 6. The molecule has 3 saturated carbocycles. The molecule has 0 unspecified atom stereocenters. The SMILES string of the molecule is C(c1ccc(C=P(c2ccccc2)(c2ccccc2)c2ccccc2)cc1)=P(c1ccccc1)(c1ccccc1)c1ccccc1.CC1=C(C=Cc2ccc(C=CC3=C(C)[C@@H]4CC[C@@H](C)[C@@H]5CC[C@@]6(C)OO[C@@]45[C@H](O3)O6)cc2)O[C@@H]2O[C@@]3(C)CC[C@H]4[C@H](C)CC[C@@H]1[C@@]24OO3.CC1=C(C=O)O[C@@H]2O[C@@]3(C)CC[C@H]4[C@H](C)CC[C@@H]1[C@@]24OO3. The van der Waals surface area contributed by atoms with Gasteiger partial charge >= 0.3 is 0 Å². The maximum Gasteiger partial charge on any atom is 0.236 e. The van der Waals surface area contributed by atoms with Gasteiger partial charge in [0.05, 0.1) is 0 Å². The van der Waals surface area contributed by atoms with E-state index in [1.165, 1.54) is 66.9 Å². The third-order valence-corrected chi connectivity index (χ3v) is 36.1. The Labute approximate surface area is 678 Å². The second-order valence-electron chi connectivity index (χ2n) is 34.9. The molecule has 0 aromatic heterocycles. The minimum atomic E-state index is -2.10. The van der Waals surface area contributed by atoms with Crippen molar-refractivity contribution in [3.63, 3.8) is 0 Å². The smallest absolute Gasteiger partial charge is 0.236 e. The Morgan fingerprint density at radius 3 is 0.826 bits per heavy atom. The minimum absolute atomic E-state index is 0.125. The number of ether oxygens (including phenoxy) is 6. The molecule has 0 radical (unpaired) electrons. The van der Waals surface area contributed by atoms with Crippen molar-refractivity contribution in [2.45, 2.75) is 192 Å². The van der Waals surface area contributed by atoms with Gasteiger partial charge in [0, 0.05) is 54.8 Å². The van der Waals surface area contributed by atoms with Gasteiger partial charge in [-0.1, -0.05) is 263 Å². The molecule has 23 rings (SSSR count). The molecule has 15 aliphatic rings. The van der Waals surface area contributed by atoms with Gasteiger partial charge in [0.1, 0.15) is 11.5 Å². The first kappa shape index (κ1) is 78.0. The highest BCUT2D eigenvalue weighted by Crippen LogP contribution is 2.64. The molecule has 18 atom stereocenters. The van der Waals surface area contributed by atoms with Crippen molar-refractivity contribution < 1.29 is 62.5 Å². The van der Waals surface area contributed by atoms with Crippen LogP contribution in [-0.2, 0) is 62.5 Å². The van der Waals surface area contributed by atoms with E-state index >= 15 is 0 Å². The molecule has 12 aliphatic heterocycles. The lowest BCUT2D eigenvalue weighted by Crippen LogP contribution is -2.66. The predicted molar refractivity (Wildman–Crippen MR) is 457 cm³/mol. The van der Waals surface area contributed by atoms with Crippen LogP contribution in [0.5, 0.6) is 0 Å². The van der Waals surface area contributed by atoms with Crippen molar-refractivity contribution >= 4 is 75.6 Å². The molecule has 8 aromatic rings. The summed E-state index contributed by atoms with van der Waals surface area (Å²) in [5.41, 5.74) is 6.27. The lowest BCUT2D eigenvalue weighted by Gasteiger charge is -2.57. The van der Waals surface area contributed by atoms with E-state index < -0.39 is 66.8 Å². The summed E-state index contributed by atoms with van der Waals surface area (Å²) in [4.78, 5) is 47.4. The number of benzene rings is 8. The van der Waals surface area contributed by atoms with Crippen LogP contribution in [0.4, 0.5) is 0 Å². The summed E-state index contributed by atoms with van der Waals surface area (Å²) in [5.74, 6) is 8.05. The average Bonchev–Trinajstić information content (AvgIpc) is 1.66. The average molecular weight is 1580 g/mol. The predicted octanol–water partition coefficient (Wildman–Crippen LogP) is 19.4. The highest BCUT2D eigenvalue weighted by Gasteiger charge is 2.71. The first-order valence-corrected chi connectivity index (χ1v) is 45.6. The molecule has 6 bridgehead atoms. The van der Waals surface area contributed by atoms with Crippen LogP contribution < -0.4 is 31.8 Å². The highest BCUT2D eigenvalue weighted by atomic mass is 31.2. The van der Waals surface area contributed by atoms with Gasteiger partial charge in [-0.15, -0.1) is 0 Å². The van der Waals surface area contributed by atoms with E-state index in [9.17, 15) is 4.79 Å². The number of carbonyl (C=O) groups is 1. The van der Waals surface area contributed by atoms with Crippen LogP contribution in [0.25, 0.3) is 12.2 Å². The Hall–Kier alpha value is -8.23. The lowest BCUT2D eigenvalue weighted by molar-refractivity contribution is -0.556. The molecule has 0 amide bonds. The second-order valence-corrected chi connectivity index (χ2v) is 41.4. The molecular formula is C100H108O13P2. The van der Waals surface area contributed by atoms with Crippen LogP contribution in [-0.4, -0.2) is 70.9 Å². The van der Waals surface area contributed by atoms with Crippen LogP contribution in [0.15, 0.2) is 277 Å². The summed E-state index contributed by atoms with van der Waals surface area (Å²) in [7, 11) is 0. The summed E-state index contributed by atoms with van der Waals surface area (Å²) in [5, 5.41) is 8.11. The summed E-state index contributed by atoms with van der Waals surface area (Å²) < 4.78 is 38.3. The second kappa shape index (κ2) is 31.2. The zero-order chi connectivity index (χ0) is 79.0. The van der Waals surface area contributed by atoms with E-state index in [0.29, 0.717) is 41.3 Å². The normalized spacial score (nSPS) is 34.0. The van der Waals surface area contributed by atoms with Crippen LogP contribution >= 0.6 is 13.8 Å². The van der Waals surface area contributed by atoms with Crippen molar-refractivity contribution in [3.05, 3.63) is 299 Å². The van der Waals surface area contributed by atoms with Crippen LogP contribution in [0.1, 0.15) is 162 Å². The van der Waals surface area contributed by atoms with E-state index in [1.54, 1.807) is 0 Å². The number of allylic oxidation sites excluding steroid dienone is 3. The topological polar surface area (TPSA) is 128 Å². The standard InChI is InChI=1S/C44H36P2.C40H50O8.C16H22O5/c1-7-19-39(20-8-1)45(40-21-9-2-10-22-40,41-23-11-3-12-24-41)35-37-31-33-38(34-32-37)36-46(42-25-13-4-14-26-42,43-27-15-5-16-28-43)44-29-17-6-18-30-44;1-23-7-15-31-25(3)33(41-35-39(31)29(23)19-21-37(5,43-35)45-47-39)17-13-27-9-11-28(12-10-27)14-18-34-26(4)32-16-8-24(2)30-20-22-38(6)44-36(42-34)40(30,32)48-46-38;1-9-4-5-12-10(2)13(8-17)18-14-16(12)11(9)6-7-15(3,19-14)20-21-16/h1-36H;9-14,17-18,23-24,29-32,35-36H,7-8,15-16,19-22H2,1-6H3;8-9,11-12,14H,4-7H2,1-3H3/t;23-,24-,29+,30+,31+,32+,35-,36-,37-,38-,39-,40-;9-,11+,12+,14-,15-,16-/m.11/s1. The first-order chi connectivity index (χ1) is 55.8. The fourth-order valence-corrected chi connectivity index (χ4v) is 29.6. The summed E-state index contributed by atoms with van der Waals surface area (Å²) in [6.07, 6.45) is 19.7. The number of hydrogen-bond donors (Lipinski definition) is 0. The van der Waals surface area contributed by atoms with E-state index in [4.69, 9.17) is 57.7 Å². The Morgan fingerprint density at radius 2 is 0.557 bits per heavy atom. The third kappa shape index (κ3) is 13.7. The number of rotatable bonds is 13. The number of hydrogen-bond acceptors (Lipinski definition) is 13. The van der Waals surface area contributed by atoms with Crippen LogP contribution in [0.3, 0.4) is 0 Å². The lowest BCUT2D eigenvalue weighted by atomic mass is 9.59. The number of carbonyl (C=O) groups excluding carboxylic acids is 1. The number of aldehydes is 1. The first-order valence-electron chi connectivity index (χ1n) is 41.9. The summed E-state index contributed by atoms with van der Waals surface area (Å²) >= 11 is 0. The molecule has 9 saturated heterocycles. The summed E-state index contributed by atoms with van der Waals surface area (Å²) in [6, 6.07) is 84.1. The molecule has 8 aromatic carbocycles. The van der Waals surface area contributed by atoms with E-state index in [-0.39, 0.29) is 17.8 Å². The Bertz CT molecular complexity index is 4670. The Morgan fingerprint density at radius 1 is 0.304 bits per heavy atom. The van der Waals surface area contributed by atoms with Crippen molar-refractivity contribution in [1.82, 2.24) is 0 Å². The van der Waals surface area contributed by atoms with E-state index in [0.717, 1.165) is 98.7 Å². The molecular weight excluding hydrogens is 1470 g/mol. The molecule has 115 heavy (non-hydrogen) atoms. The molecule has 12 heterocycles. The van der Waals surface area contributed by atoms with Crippen molar-refractivity contribution in [1.29, 1.82) is 0 Å². The van der Waals surface area contributed by atoms with Crippen molar-refractivity contribution in [2.75, 3.05) is 0 Å². The van der Waals surface area contributed by atoms with Gasteiger partial charge in [0.2, 0.25) is 36.2 Å². The van der Waals surface area contributed by atoms with E-state index in [1.807, 2.05) is 27.7 Å². The maximum atomic E-state index is 11.3. The Balaban J connectivity index is 0.000000128. The molecule has 12 fully saturated rings. The van der Waals surface area contributed by atoms with Gasteiger partial charge in [-0.3, -0.25) is 4.79 Å². The van der Waals surface area contributed by atoms with E-state index in [2.05, 4.69) is 301 Å². The van der Waals surface area contributed by atoms with Gasteiger partial charge in [-0.25, -0.2) is 29.3 Å². The molecule has 15 heteroatoms. The third-order valence-electron chi connectivity index (χ3n) is 28.1. The quantitative estimate of drug-likeness (QED) is 0.0618. The molecule has 3 spiro atoms. The van der Waals surface area contributed by atoms with Gasteiger partial charge in [0.25, 0.3) is 0 Å². The Kier molecular flexibility index (Phi) is 21.2. The fourth-order valence-electron chi connectivity index (χ4n) is 21.9. The van der Waals surface area contributed by atoms with Crippen LogP contribution in [0.2, 0.25) is 0 Å². The zero-order valence-electron chi connectivity index (χ0n) is 67.6. The van der Waals surface area contributed by atoms with Gasteiger partial charge in [0.15, 0.2) is 28.8 Å². The molecule has 13 nitrogen and oxygen atoms in total. The van der Waals surface area contributed by atoms with Crippen molar-refractivity contribution in [2.24, 2.45) is 53.3 Å².